The molecule has 2 aromatic rings. The molecule has 0 saturated heterocycles. The van der Waals surface area contributed by atoms with Crippen molar-refractivity contribution in [3.63, 3.8) is 0 Å². The van der Waals surface area contributed by atoms with Crippen LogP contribution < -0.4 is 14.2 Å². The van der Waals surface area contributed by atoms with Gasteiger partial charge in [-0.15, -0.1) is 0 Å². The molecular weight excluding hydrogens is 398 g/mol. The molecule has 0 spiro atoms. The van der Waals surface area contributed by atoms with Gasteiger partial charge >= 0.3 is 6.61 Å². The van der Waals surface area contributed by atoms with Gasteiger partial charge in [0.15, 0.2) is 17.3 Å². The Morgan fingerprint density at radius 3 is 2.36 bits per heavy atom. The number of hydrogen-bond donors (Lipinski definition) is 0. The van der Waals surface area contributed by atoms with Gasteiger partial charge in [0, 0.05) is 15.6 Å². The summed E-state index contributed by atoms with van der Waals surface area (Å²) in [4.78, 5) is 12.3. The second-order valence-corrected chi connectivity index (χ2v) is 5.74. The van der Waals surface area contributed by atoms with Gasteiger partial charge in [-0.3, -0.25) is 4.79 Å². The minimum atomic E-state index is -2.97. The highest BCUT2D eigenvalue weighted by molar-refractivity contribution is 9.10. The van der Waals surface area contributed by atoms with Crippen LogP contribution in [0, 0.1) is 0 Å². The molecule has 0 aliphatic heterocycles. The Hall–Kier alpha value is -2.41. The summed E-state index contributed by atoms with van der Waals surface area (Å²) < 4.78 is 40.1. The lowest BCUT2D eigenvalue weighted by molar-refractivity contribution is -0.0512. The van der Waals surface area contributed by atoms with Crippen LogP contribution in [0.25, 0.3) is 6.08 Å². The van der Waals surface area contributed by atoms with Crippen LogP contribution in [0.1, 0.15) is 15.9 Å². The maximum absolute atomic E-state index is 12.3. The Morgan fingerprint density at radius 2 is 1.72 bits per heavy atom. The van der Waals surface area contributed by atoms with Crippen LogP contribution in [0.5, 0.6) is 17.2 Å². The molecule has 2 rings (SSSR count). The predicted molar refractivity (Wildman–Crippen MR) is 93.7 cm³/mol. The van der Waals surface area contributed by atoms with Gasteiger partial charge in [0.1, 0.15) is 5.75 Å². The highest BCUT2D eigenvalue weighted by atomic mass is 79.9. The fourth-order valence-electron chi connectivity index (χ4n) is 2.11. The largest absolute Gasteiger partial charge is 0.496 e. The number of carbonyl (C=O) groups is 1. The third-order valence-corrected chi connectivity index (χ3v) is 3.76. The highest BCUT2D eigenvalue weighted by Crippen LogP contribution is 2.30. The normalized spacial score (nSPS) is 11.0. The molecular formula is C18H15BrF2O4. The second kappa shape index (κ2) is 8.62. The van der Waals surface area contributed by atoms with Crippen LogP contribution in [0.4, 0.5) is 8.78 Å². The van der Waals surface area contributed by atoms with Crippen LogP contribution in [-0.2, 0) is 0 Å². The molecule has 132 valence electrons. The molecule has 0 N–H and O–H groups in total. The fourth-order valence-corrected chi connectivity index (χ4v) is 2.49. The Kier molecular flexibility index (Phi) is 6.52. The third-order valence-electron chi connectivity index (χ3n) is 3.27. The first-order chi connectivity index (χ1) is 11.9. The van der Waals surface area contributed by atoms with Crippen LogP contribution in [0.2, 0.25) is 0 Å². The number of allylic oxidation sites excluding steroid dienone is 1. The van der Waals surface area contributed by atoms with Gasteiger partial charge in [-0.2, -0.15) is 8.78 Å². The van der Waals surface area contributed by atoms with E-state index in [1.54, 1.807) is 12.1 Å². The summed E-state index contributed by atoms with van der Waals surface area (Å²) >= 11 is 3.36. The number of ether oxygens (including phenoxy) is 3. The molecule has 0 amide bonds. The number of carbonyl (C=O) groups excluding carboxylic acids is 1. The number of hydrogen-bond acceptors (Lipinski definition) is 4. The maximum Gasteiger partial charge on any atom is 0.387 e. The van der Waals surface area contributed by atoms with Crippen molar-refractivity contribution >= 4 is 27.8 Å². The van der Waals surface area contributed by atoms with Crippen molar-refractivity contribution < 1.29 is 27.8 Å². The van der Waals surface area contributed by atoms with Crippen molar-refractivity contribution in [2.45, 2.75) is 6.61 Å². The fraction of sp³-hybridized carbons (Fsp3) is 0.167. The second-order valence-electron chi connectivity index (χ2n) is 4.83. The van der Waals surface area contributed by atoms with Crippen molar-refractivity contribution in [2.75, 3.05) is 14.2 Å². The molecule has 0 aliphatic carbocycles. The summed E-state index contributed by atoms with van der Waals surface area (Å²) in [6.07, 6.45) is 2.98. The Labute approximate surface area is 152 Å². The third kappa shape index (κ3) is 5.03. The molecule has 0 atom stereocenters. The summed E-state index contributed by atoms with van der Waals surface area (Å²) in [5.41, 5.74) is 0.999. The number of methoxy groups -OCH3 is 2. The zero-order valence-corrected chi connectivity index (χ0v) is 15.0. The number of rotatable bonds is 7. The maximum atomic E-state index is 12.3. The number of benzene rings is 2. The van der Waals surface area contributed by atoms with Gasteiger partial charge in [0.2, 0.25) is 0 Å². The quantitative estimate of drug-likeness (QED) is 0.475. The van der Waals surface area contributed by atoms with E-state index in [9.17, 15) is 13.6 Å². The van der Waals surface area contributed by atoms with E-state index in [0.717, 1.165) is 10.0 Å². The average Bonchev–Trinajstić information content (AvgIpc) is 2.59. The first-order valence-electron chi connectivity index (χ1n) is 7.13. The Morgan fingerprint density at radius 1 is 1.04 bits per heavy atom. The molecule has 0 heterocycles. The van der Waals surface area contributed by atoms with Crippen molar-refractivity contribution in [1.82, 2.24) is 0 Å². The smallest absolute Gasteiger partial charge is 0.387 e. The molecule has 0 saturated carbocycles. The van der Waals surface area contributed by atoms with Crippen LogP contribution in [0.3, 0.4) is 0 Å². The van der Waals surface area contributed by atoms with Gasteiger partial charge in [-0.25, -0.2) is 0 Å². The molecule has 25 heavy (non-hydrogen) atoms. The molecule has 0 unspecified atom stereocenters. The van der Waals surface area contributed by atoms with Crippen LogP contribution >= 0.6 is 15.9 Å². The number of halogens is 3. The van der Waals surface area contributed by atoms with E-state index in [4.69, 9.17) is 9.47 Å². The molecule has 0 fully saturated rings. The average molecular weight is 413 g/mol. The topological polar surface area (TPSA) is 44.8 Å². The summed E-state index contributed by atoms with van der Waals surface area (Å²) in [6.45, 7) is -2.97. The minimum Gasteiger partial charge on any atom is -0.496 e. The predicted octanol–water partition coefficient (Wildman–Crippen LogP) is 4.96. The van der Waals surface area contributed by atoms with E-state index >= 15 is 0 Å². The molecule has 0 aliphatic rings. The van der Waals surface area contributed by atoms with Gasteiger partial charge in [0.25, 0.3) is 0 Å². The Balaban J connectivity index is 2.25. The lowest BCUT2D eigenvalue weighted by Gasteiger charge is -2.10. The number of alkyl halides is 2. The minimum absolute atomic E-state index is 0.0552. The zero-order valence-electron chi connectivity index (χ0n) is 13.5. The molecule has 0 bridgehead atoms. The monoisotopic (exact) mass is 412 g/mol. The molecule has 7 heteroatoms. The number of ketones is 1. The summed E-state index contributed by atoms with van der Waals surface area (Å²) in [5, 5.41) is 0. The summed E-state index contributed by atoms with van der Waals surface area (Å²) in [7, 11) is 2.85. The molecule has 0 radical (unpaired) electrons. The lowest BCUT2D eigenvalue weighted by Crippen LogP contribution is -2.04. The van der Waals surface area contributed by atoms with Crippen LogP contribution in [0.15, 0.2) is 46.9 Å². The first kappa shape index (κ1) is 18.9. The van der Waals surface area contributed by atoms with Crippen molar-refractivity contribution in [1.29, 1.82) is 0 Å². The van der Waals surface area contributed by atoms with E-state index in [2.05, 4.69) is 20.7 Å². The summed E-state index contributed by atoms with van der Waals surface area (Å²) in [6, 6.07) is 9.42. The first-order valence-corrected chi connectivity index (χ1v) is 7.92. The highest BCUT2D eigenvalue weighted by Gasteiger charge is 2.13. The summed E-state index contributed by atoms with van der Waals surface area (Å²) in [5.74, 6) is 0.223. The van der Waals surface area contributed by atoms with E-state index in [-0.39, 0.29) is 22.8 Å². The van der Waals surface area contributed by atoms with Crippen LogP contribution in [-0.4, -0.2) is 26.6 Å². The molecule has 0 aromatic heterocycles. The van der Waals surface area contributed by atoms with Crippen molar-refractivity contribution in [3.05, 3.63) is 58.1 Å². The van der Waals surface area contributed by atoms with Gasteiger partial charge < -0.3 is 14.2 Å². The van der Waals surface area contributed by atoms with E-state index < -0.39 is 6.61 Å². The zero-order chi connectivity index (χ0) is 18.4. The molecule has 2 aromatic carbocycles. The standard InChI is InChI=1S/C18H15BrF2O4/c1-23-15-8-5-13(19)9-12(15)3-6-14(22)11-4-7-16(25-18(20)21)17(10-11)24-2/h3-10,18H,1-2H3/b6-3+. The van der Waals surface area contributed by atoms with Gasteiger partial charge in [0.05, 0.1) is 14.2 Å². The molecule has 4 nitrogen and oxygen atoms in total. The van der Waals surface area contributed by atoms with E-state index in [1.807, 2.05) is 12.1 Å². The van der Waals surface area contributed by atoms with E-state index in [0.29, 0.717) is 5.75 Å². The van der Waals surface area contributed by atoms with Crippen molar-refractivity contribution in [3.8, 4) is 17.2 Å². The van der Waals surface area contributed by atoms with Crippen molar-refractivity contribution in [2.24, 2.45) is 0 Å². The Bertz CT molecular complexity index is 791. The lowest BCUT2D eigenvalue weighted by atomic mass is 10.1. The van der Waals surface area contributed by atoms with Gasteiger partial charge in [-0.05, 0) is 48.6 Å². The van der Waals surface area contributed by atoms with Gasteiger partial charge in [-0.1, -0.05) is 15.9 Å². The SMILES string of the molecule is COc1ccc(Br)cc1/C=C/C(=O)c1ccc(OC(F)F)c(OC)c1. The van der Waals surface area contributed by atoms with E-state index in [1.165, 1.54) is 38.5 Å².